The average Bonchev–Trinajstić information content (AvgIpc) is 3.73. The summed E-state index contributed by atoms with van der Waals surface area (Å²) in [5.41, 5.74) is -2.49. The Bertz CT molecular complexity index is 2570. The van der Waals surface area contributed by atoms with Crippen molar-refractivity contribution in [1.29, 1.82) is 0 Å². The van der Waals surface area contributed by atoms with Crippen LogP contribution in [0, 0.1) is 0 Å². The Balaban J connectivity index is 1.40. The Morgan fingerprint density at radius 2 is 1.09 bits per heavy atom. The van der Waals surface area contributed by atoms with Gasteiger partial charge in [0.25, 0.3) is 11.1 Å². The third-order valence-electron chi connectivity index (χ3n) is 11.1. The molecule has 0 aliphatic carbocycles. The smallest absolute Gasteiger partial charge is 0.338 e. The van der Waals surface area contributed by atoms with Gasteiger partial charge < -0.3 is 41.1 Å². The Morgan fingerprint density at radius 1 is 0.627 bits per heavy atom. The van der Waals surface area contributed by atoms with Crippen molar-refractivity contribution in [3.63, 3.8) is 0 Å². The second-order valence-corrected chi connectivity index (χ2v) is 34.8. The van der Waals surface area contributed by atoms with E-state index < -0.39 is 124 Å². The van der Waals surface area contributed by atoms with Gasteiger partial charge in [-0.2, -0.15) is 0 Å². The molecule has 364 valence electrons. The van der Waals surface area contributed by atoms with E-state index >= 15 is 0 Å². The first kappa shape index (κ1) is 51.9. The van der Waals surface area contributed by atoms with Crippen LogP contribution in [0.15, 0.2) is 104 Å². The molecule has 2 aromatic carbocycles. The van der Waals surface area contributed by atoms with Crippen LogP contribution < -0.4 is 22.5 Å². The van der Waals surface area contributed by atoms with E-state index in [0.29, 0.717) is 0 Å². The molecule has 19 nitrogen and oxygen atoms in total. The van der Waals surface area contributed by atoms with Crippen LogP contribution in [-0.2, 0) is 41.1 Å². The summed E-state index contributed by atoms with van der Waals surface area (Å²) in [6, 6.07) is 18.6. The largest absolute Gasteiger partial charge is 0.452 e. The lowest BCUT2D eigenvalue weighted by Gasteiger charge is -2.41. The monoisotopic (exact) mass is 1000 g/mol. The lowest BCUT2D eigenvalue weighted by molar-refractivity contribution is -0.0610. The zero-order valence-corrected chi connectivity index (χ0v) is 43.5. The number of esters is 2. The number of nitrogens with one attached hydrogen (secondary N) is 2. The van der Waals surface area contributed by atoms with Crippen LogP contribution >= 0.6 is 8.60 Å². The topological polar surface area (TPSA) is 227 Å². The first-order chi connectivity index (χ1) is 31.3. The molecule has 23 heteroatoms. The first-order valence-corrected chi connectivity index (χ1v) is 32.7. The molecule has 9 atom stereocenters. The lowest BCUT2D eigenvalue weighted by atomic mass is 10.1. The molecule has 0 radical (unpaired) electrons. The fraction of sp³-hybridized carbons (Fsp3) is 0.500. The van der Waals surface area contributed by atoms with Crippen LogP contribution in [0.5, 0.6) is 0 Å². The quantitative estimate of drug-likeness (QED) is 0.0657. The highest BCUT2D eigenvalue weighted by Gasteiger charge is 2.55. The molecule has 2 aliphatic heterocycles. The van der Waals surface area contributed by atoms with Crippen molar-refractivity contribution in [1.82, 2.24) is 19.1 Å². The number of aromatic amines is 2. The lowest BCUT2D eigenvalue weighted by Crippen LogP contribution is -2.50. The summed E-state index contributed by atoms with van der Waals surface area (Å²) in [7, 11) is -9.82. The summed E-state index contributed by atoms with van der Waals surface area (Å²) < 4.78 is 61.2. The molecule has 0 saturated carbocycles. The minimum Gasteiger partial charge on any atom is -0.452 e. The van der Waals surface area contributed by atoms with Crippen LogP contribution in [0.4, 0.5) is 0 Å². The summed E-state index contributed by atoms with van der Waals surface area (Å²) in [4.78, 5) is 83.3. The van der Waals surface area contributed by atoms with Crippen molar-refractivity contribution in [3.05, 3.63) is 138 Å². The van der Waals surface area contributed by atoms with Crippen LogP contribution in [-0.4, -0.2) is 106 Å². The molecule has 67 heavy (non-hydrogen) atoms. The van der Waals surface area contributed by atoms with Gasteiger partial charge in [0.1, 0.15) is 24.4 Å². The Kier molecular flexibility index (Phi) is 16.3. The number of carbonyl (C=O) groups is 2. The average molecular weight is 1000 g/mol. The summed E-state index contributed by atoms with van der Waals surface area (Å²) in [6.07, 6.45) is -6.89. The molecule has 6 rings (SSSR count). The van der Waals surface area contributed by atoms with Gasteiger partial charge in [-0.25, -0.2) is 19.2 Å². The fourth-order valence-corrected chi connectivity index (χ4v) is 11.7. The van der Waals surface area contributed by atoms with Gasteiger partial charge in [-0.1, -0.05) is 57.2 Å². The van der Waals surface area contributed by atoms with Crippen molar-refractivity contribution in [2.75, 3.05) is 13.2 Å². The molecule has 2 N–H and O–H groups in total. The second kappa shape index (κ2) is 21.0. The highest BCUT2D eigenvalue weighted by Crippen LogP contribution is 2.51. The van der Waals surface area contributed by atoms with E-state index in [9.17, 15) is 28.8 Å². The number of hydrogen-bond acceptors (Lipinski definition) is 15. The summed E-state index contributed by atoms with van der Waals surface area (Å²) in [5.74, 6) is -1.59. The Hall–Kier alpha value is -4.46. The molecule has 2 aliphatic rings. The van der Waals surface area contributed by atoms with E-state index in [0.717, 1.165) is 10.6 Å². The molecule has 0 amide bonds. The zero-order chi connectivity index (χ0) is 49.1. The minimum atomic E-state index is -2.69. The SMILES string of the molecule is CC(C)(C)[Si](C)(C)O[C@@H]1[C@H](OP(OC[C@H]2O[C@@H](n3ccc(=O)[nH]c3=O)[C@H](OC(=O)c3ccccc3)[C@@H]2OC(=O)c2ccccc2)O[Si](C)(C)C)[C@@H](CO[Si](C)(C)C)O[C@H]1n1ccc(=O)[nH]c1=O. The van der Waals surface area contributed by atoms with E-state index in [1.807, 2.05) is 39.3 Å². The number of ether oxygens (including phenoxy) is 4. The summed E-state index contributed by atoms with van der Waals surface area (Å²) in [5, 5.41) is -0.308. The van der Waals surface area contributed by atoms with Gasteiger partial charge in [-0.05, 0) is 81.7 Å². The molecule has 0 bridgehead atoms. The van der Waals surface area contributed by atoms with Crippen molar-refractivity contribution in [2.45, 2.75) is 127 Å². The molecule has 4 heterocycles. The van der Waals surface area contributed by atoms with E-state index in [2.05, 4.69) is 43.8 Å². The number of carbonyl (C=O) groups excluding carboxylic acids is 2. The predicted octanol–water partition coefficient (Wildman–Crippen LogP) is 6.05. The predicted molar refractivity (Wildman–Crippen MR) is 255 cm³/mol. The second-order valence-electron chi connectivity index (χ2n) is 19.7. The normalized spacial score (nSPS) is 24.0. The molecule has 2 saturated heterocycles. The van der Waals surface area contributed by atoms with Gasteiger partial charge in [0.05, 0.1) is 24.3 Å². The molecule has 2 aromatic heterocycles. The Morgan fingerprint density at radius 3 is 1.54 bits per heavy atom. The summed E-state index contributed by atoms with van der Waals surface area (Å²) >= 11 is 0. The van der Waals surface area contributed by atoms with Crippen molar-refractivity contribution >= 4 is 45.5 Å². The maximum atomic E-state index is 13.8. The van der Waals surface area contributed by atoms with Crippen molar-refractivity contribution in [2.24, 2.45) is 0 Å². The number of rotatable bonds is 18. The van der Waals surface area contributed by atoms with Crippen LogP contribution in [0.3, 0.4) is 0 Å². The van der Waals surface area contributed by atoms with Crippen LogP contribution in [0.1, 0.15) is 53.9 Å². The first-order valence-electron chi connectivity index (χ1n) is 21.9. The van der Waals surface area contributed by atoms with Gasteiger partial charge >= 0.3 is 31.9 Å². The third-order valence-corrected chi connectivity index (χ3v) is 20.2. The maximum Gasteiger partial charge on any atom is 0.338 e. The van der Waals surface area contributed by atoms with E-state index in [1.165, 1.54) is 35.2 Å². The van der Waals surface area contributed by atoms with Gasteiger partial charge in [0.15, 0.2) is 49.6 Å². The van der Waals surface area contributed by atoms with Crippen molar-refractivity contribution < 1.29 is 50.6 Å². The zero-order valence-electron chi connectivity index (χ0n) is 39.6. The molecular formula is C44H61N4O15PSi3. The standard InChI is InChI=1S/C44H61N4O15PSi3/c1-44(2,3)67(10,11)62-37-35(31(27-56-65(4,5)6)58-39(37)48-25-23-33(50)46-43(48)54)61-64(63-66(7,8)9)55-26-30-34(59-40(51)28-18-14-12-15-19-28)36(60-41(52)29-20-16-13-17-21-29)38(57-30)47-24-22-32(49)45-42(47)53/h12-25,30-31,34-39H,26-27H2,1-11H3,(H,45,49,53)(H,46,50,54)/t30-,31-,34-,35-,36-,37-,38-,39-,64?/m1/s1. The minimum absolute atomic E-state index is 0.0514. The van der Waals surface area contributed by atoms with Crippen LogP contribution in [0.25, 0.3) is 0 Å². The molecule has 1 unspecified atom stereocenters. The van der Waals surface area contributed by atoms with Crippen molar-refractivity contribution in [3.8, 4) is 0 Å². The maximum absolute atomic E-state index is 13.8. The molecule has 4 aromatic rings. The van der Waals surface area contributed by atoms with E-state index in [1.54, 1.807) is 48.5 Å². The van der Waals surface area contributed by atoms with Gasteiger partial charge in [0.2, 0.25) is 0 Å². The number of hydrogen-bond donors (Lipinski definition) is 2. The number of H-pyrrole nitrogens is 2. The van der Waals surface area contributed by atoms with Gasteiger partial charge in [-0.15, -0.1) is 0 Å². The number of nitrogens with zero attached hydrogens (tertiary/aromatic N) is 2. The number of benzene rings is 2. The van der Waals surface area contributed by atoms with Crippen LogP contribution in [0.2, 0.25) is 57.4 Å². The molecular weight excluding hydrogens is 940 g/mol. The van der Waals surface area contributed by atoms with Gasteiger partial charge in [-0.3, -0.25) is 28.7 Å². The molecule has 0 spiro atoms. The highest BCUT2D eigenvalue weighted by molar-refractivity contribution is 7.43. The highest BCUT2D eigenvalue weighted by atomic mass is 31.2. The number of aromatic nitrogens is 4. The van der Waals surface area contributed by atoms with E-state index in [4.69, 9.17) is 41.1 Å². The third kappa shape index (κ3) is 13.4. The summed E-state index contributed by atoms with van der Waals surface area (Å²) in [6.45, 7) is 21.9. The van der Waals surface area contributed by atoms with Gasteiger partial charge in [0, 0.05) is 24.5 Å². The molecule has 2 fully saturated rings. The fourth-order valence-electron chi connectivity index (χ4n) is 6.82. The Labute approximate surface area is 392 Å². The van der Waals surface area contributed by atoms with E-state index in [-0.39, 0.29) is 22.8 Å².